The molecular formula is C75H77F2N5O18S2. The van der Waals surface area contributed by atoms with Gasteiger partial charge in [0, 0.05) is 63.4 Å². The lowest BCUT2D eigenvalue weighted by molar-refractivity contribution is 0.0294. The number of carboxylic acids is 2. The van der Waals surface area contributed by atoms with Gasteiger partial charge in [-0.3, -0.25) is 19.2 Å². The Hall–Kier alpha value is -11.6. The fourth-order valence-corrected chi connectivity index (χ4v) is 11.3. The van der Waals surface area contributed by atoms with Crippen molar-refractivity contribution in [1.82, 2.24) is 25.1 Å². The van der Waals surface area contributed by atoms with Crippen molar-refractivity contribution in [3.05, 3.63) is 202 Å². The normalized spacial score (nSPS) is 10.5. The zero-order valence-electron chi connectivity index (χ0n) is 58.4. The second kappa shape index (κ2) is 37.6. The van der Waals surface area contributed by atoms with E-state index in [-0.39, 0.29) is 59.0 Å². The van der Waals surface area contributed by atoms with Gasteiger partial charge in [-0.15, -0.1) is 22.7 Å². The minimum atomic E-state index is -1.08. The first kappa shape index (κ1) is 79.4. The Labute approximate surface area is 595 Å². The largest absolute Gasteiger partial charge is 0.493 e. The second-order valence-electron chi connectivity index (χ2n) is 22.5. The van der Waals surface area contributed by atoms with Crippen LogP contribution in [0.2, 0.25) is 0 Å². The highest BCUT2D eigenvalue weighted by Gasteiger charge is 2.24. The van der Waals surface area contributed by atoms with Crippen LogP contribution in [-0.2, 0) is 4.74 Å². The van der Waals surface area contributed by atoms with Crippen LogP contribution >= 0.6 is 22.7 Å². The van der Waals surface area contributed by atoms with Crippen LogP contribution in [0.3, 0.4) is 0 Å². The van der Waals surface area contributed by atoms with Crippen molar-refractivity contribution < 1.29 is 95.2 Å². The number of halogens is 2. The smallest absolute Gasteiger partial charge is 0.410 e. The van der Waals surface area contributed by atoms with Gasteiger partial charge in [-0.2, -0.15) is 0 Å². The number of aromatic nitrogens is 2. The van der Waals surface area contributed by atoms with Crippen LogP contribution in [0.4, 0.5) is 13.6 Å². The molecule has 0 saturated heterocycles. The highest BCUT2D eigenvalue weighted by molar-refractivity contribution is 7.18. The van der Waals surface area contributed by atoms with Crippen LogP contribution in [0.15, 0.2) is 156 Å². The minimum Gasteiger partial charge on any atom is -0.493 e. The molecule has 3 N–H and O–H groups in total. The number of carbonyl (C=O) groups is 7. The van der Waals surface area contributed by atoms with Crippen LogP contribution in [0.25, 0.3) is 42.7 Å². The lowest BCUT2D eigenvalue weighted by Crippen LogP contribution is -2.37. The average Bonchev–Trinajstić information content (AvgIpc) is 1.62. The molecule has 0 saturated carbocycles. The van der Waals surface area contributed by atoms with Crippen molar-refractivity contribution in [2.45, 2.75) is 26.4 Å². The fourth-order valence-electron chi connectivity index (χ4n) is 9.39. The summed E-state index contributed by atoms with van der Waals surface area (Å²) >= 11 is 2.58. The zero-order valence-corrected chi connectivity index (χ0v) is 60.1. The molecule has 4 heterocycles. The third-order valence-corrected chi connectivity index (χ3v) is 16.5. The number of amides is 2. The number of benzene rings is 6. The molecule has 102 heavy (non-hydrogen) atoms. The summed E-state index contributed by atoms with van der Waals surface area (Å²) in [5, 5.41) is 25.5. The van der Waals surface area contributed by atoms with Crippen molar-refractivity contribution >= 4 is 84.1 Å². The topological polar surface area (TPSA) is 287 Å². The number of hydrogen-bond donors (Lipinski definition) is 3. The molecule has 0 aliphatic heterocycles. The van der Waals surface area contributed by atoms with E-state index in [0.29, 0.717) is 90.0 Å². The maximum absolute atomic E-state index is 14.1. The maximum atomic E-state index is 14.1. The van der Waals surface area contributed by atoms with Crippen molar-refractivity contribution in [2.75, 3.05) is 97.7 Å². The van der Waals surface area contributed by atoms with E-state index in [2.05, 4.69) is 15.3 Å². The number of rotatable bonds is 22. The Kier molecular flexibility index (Phi) is 29.3. The number of methoxy groups -OCH3 is 8. The summed E-state index contributed by atoms with van der Waals surface area (Å²) in [4.78, 5) is 94.0. The van der Waals surface area contributed by atoms with Crippen molar-refractivity contribution in [2.24, 2.45) is 0 Å². The number of carbonyl (C=O) groups excluding carboxylic acids is 5. The molecule has 0 aliphatic carbocycles. The Balaban J connectivity index is 0.000000209. The molecule has 10 rings (SSSR count). The summed E-state index contributed by atoms with van der Waals surface area (Å²) in [5.41, 5.74) is 3.83. The molecular weight excluding hydrogens is 1360 g/mol. The van der Waals surface area contributed by atoms with Gasteiger partial charge in [0.1, 0.15) is 28.6 Å². The molecule has 0 fully saturated rings. The Morgan fingerprint density at radius 3 is 1.18 bits per heavy atom. The zero-order chi connectivity index (χ0) is 75.0. The van der Waals surface area contributed by atoms with Gasteiger partial charge >= 0.3 is 18.0 Å². The standard InChI is InChI=1S/C25H21FN2O4S.C16H23NO5.C14H8FNO2S.C11H15NO3.C9H10O4/c1-28(13-21(29)15-10-11-22(31-2)23(12-15)32-3)25(30)20-9-5-8-19(27-20)17-14-33-24-16(17)6-4-7-18(24)26;1-16(2,3)22-15(19)17(4)10-12(18)11-7-8-13(20-5)14(9-11)21-6;15-10-4-1-3-8-9(7-19-13(8)10)11-5-2-6-12(16-11)14(17)18;1-12-7-9(13)8-4-5-10(14-2)11(6-8)15-3;1-12-7-4-3-6(9(10)11)5-8(7)13-2/h4-12,14H,13H2,1-3H3;7-9H,10H2,1-6H3;1-7H,(H,17,18);4-6,12H,7H2,1-3H3;3-5H,1-2H3,(H,10,11). The lowest BCUT2D eigenvalue weighted by atomic mass is 10.1. The van der Waals surface area contributed by atoms with Crippen molar-refractivity contribution in [3.63, 3.8) is 0 Å². The number of fused-ring (bicyclic) bond motifs is 2. The number of nitrogens with zero attached hydrogens (tertiary/aromatic N) is 4. The SMILES string of the molecule is CNCC(=O)c1ccc(OC)c(OC)c1.COc1ccc(C(=O)CN(C)C(=O)OC(C)(C)C)cc1OC.COc1ccc(C(=O)CN(C)C(=O)c2cccc(-c3csc4c(F)cccc34)n2)cc1OC.COc1ccc(C(=O)O)cc1OC.O=C(O)c1cccc(-c2csc3c(F)cccc23)n1. The van der Waals surface area contributed by atoms with E-state index in [9.17, 15) is 42.3 Å². The number of Topliss-reactive ketones (excluding diaryl/α,β-unsaturated/α-hetero) is 3. The molecule has 10 aromatic rings. The minimum absolute atomic E-state index is 0.0201. The molecule has 0 atom stereocenters. The molecule has 0 unspecified atom stereocenters. The Bertz CT molecular complexity index is 4610. The number of ether oxygens (including phenoxy) is 9. The maximum Gasteiger partial charge on any atom is 0.410 e. The quantitative estimate of drug-likeness (QED) is 0.0531. The number of pyridine rings is 2. The van der Waals surface area contributed by atoms with Crippen LogP contribution in [0.5, 0.6) is 46.0 Å². The summed E-state index contributed by atoms with van der Waals surface area (Å²) in [6.07, 6.45) is -0.540. The first-order valence-corrected chi connectivity index (χ1v) is 32.5. The highest BCUT2D eigenvalue weighted by atomic mass is 32.1. The fraction of sp³-hybridized carbons (Fsp3) is 0.240. The van der Waals surface area contributed by atoms with Gasteiger partial charge in [0.15, 0.2) is 63.3 Å². The highest BCUT2D eigenvalue weighted by Crippen LogP contribution is 2.37. The molecule has 4 aromatic heterocycles. The summed E-state index contributed by atoms with van der Waals surface area (Å²) in [5.74, 6) is 0.639. The summed E-state index contributed by atoms with van der Waals surface area (Å²) in [6.45, 7) is 5.42. The predicted octanol–water partition coefficient (Wildman–Crippen LogP) is 14.1. The summed E-state index contributed by atoms with van der Waals surface area (Å²) < 4.78 is 74.8. The van der Waals surface area contributed by atoms with Gasteiger partial charge < -0.3 is 68.0 Å². The van der Waals surface area contributed by atoms with Crippen LogP contribution < -0.4 is 43.2 Å². The number of carboxylic acid groups (broad SMARTS) is 2. The lowest BCUT2D eigenvalue weighted by Gasteiger charge is -2.24. The third-order valence-electron chi connectivity index (χ3n) is 14.5. The van der Waals surface area contributed by atoms with Crippen LogP contribution in [0.1, 0.15) is 83.2 Å². The second-order valence-corrected chi connectivity index (χ2v) is 24.3. The van der Waals surface area contributed by atoms with E-state index in [4.69, 9.17) is 52.8 Å². The Morgan fingerprint density at radius 2 is 0.804 bits per heavy atom. The molecule has 0 spiro atoms. The third kappa shape index (κ3) is 21.2. The van der Waals surface area contributed by atoms with Gasteiger partial charge in [-0.1, -0.05) is 36.4 Å². The molecule has 536 valence electrons. The van der Waals surface area contributed by atoms with E-state index in [1.54, 1.807) is 164 Å². The van der Waals surface area contributed by atoms with Crippen LogP contribution in [-0.4, -0.2) is 175 Å². The van der Waals surface area contributed by atoms with Gasteiger partial charge in [0.05, 0.1) is 103 Å². The predicted molar refractivity (Wildman–Crippen MR) is 385 cm³/mol. The number of aromatic carboxylic acids is 2. The van der Waals surface area contributed by atoms with Gasteiger partial charge in [0.25, 0.3) is 5.91 Å². The number of ketones is 3. The summed E-state index contributed by atoms with van der Waals surface area (Å²) in [7, 11) is 16.9. The van der Waals surface area contributed by atoms with Gasteiger partial charge in [-0.05, 0) is 137 Å². The molecule has 23 nitrogen and oxygen atoms in total. The van der Waals surface area contributed by atoms with E-state index < -0.39 is 29.5 Å². The molecule has 27 heteroatoms. The molecule has 0 bridgehead atoms. The molecule has 0 radical (unpaired) electrons. The number of nitrogens with one attached hydrogen (secondary N) is 1. The van der Waals surface area contributed by atoms with E-state index in [1.165, 1.54) is 113 Å². The van der Waals surface area contributed by atoms with Crippen LogP contribution in [0, 0.1) is 11.6 Å². The van der Waals surface area contributed by atoms with Crippen molar-refractivity contribution in [3.8, 4) is 68.5 Å². The van der Waals surface area contributed by atoms with E-state index >= 15 is 0 Å². The van der Waals surface area contributed by atoms with Crippen molar-refractivity contribution in [1.29, 1.82) is 0 Å². The van der Waals surface area contributed by atoms with E-state index in [0.717, 1.165) is 21.9 Å². The number of likely N-dealkylation sites (N-methyl/N-ethyl adjacent to an activating group) is 3. The van der Waals surface area contributed by atoms with E-state index in [1.807, 2.05) is 11.4 Å². The van der Waals surface area contributed by atoms with Gasteiger partial charge in [-0.25, -0.2) is 33.1 Å². The monoisotopic (exact) mass is 1440 g/mol. The first-order valence-electron chi connectivity index (χ1n) is 30.7. The molecule has 2 amide bonds. The number of thiophene rings is 2. The van der Waals surface area contributed by atoms with Gasteiger partial charge in [0.2, 0.25) is 0 Å². The summed E-state index contributed by atoms with van der Waals surface area (Å²) in [6, 6.07) is 38.9. The Morgan fingerprint density at radius 1 is 0.451 bits per heavy atom. The molecule has 0 aliphatic rings. The first-order chi connectivity index (χ1) is 48.7. The molecule has 6 aromatic carbocycles. The average molecular weight is 1440 g/mol. The number of hydrogen-bond acceptors (Lipinski definition) is 21.